The van der Waals surface area contributed by atoms with Crippen molar-refractivity contribution < 1.29 is 9.53 Å². The van der Waals surface area contributed by atoms with Crippen molar-refractivity contribution in [1.82, 2.24) is 4.90 Å². The highest BCUT2D eigenvalue weighted by Gasteiger charge is 2.27. The van der Waals surface area contributed by atoms with Crippen molar-refractivity contribution in [3.63, 3.8) is 0 Å². The van der Waals surface area contributed by atoms with Gasteiger partial charge in [-0.2, -0.15) is 0 Å². The number of halogens is 1. The SMILES string of the molecule is CC(C)N(C(=O)C[C@H](c1ccccc1)c1cc(Br)ccc1OCc1ccccc1)C(C)C. The number of amides is 1. The monoisotopic (exact) mass is 493 g/mol. The Kier molecular flexibility index (Phi) is 8.52. The van der Waals surface area contributed by atoms with Crippen molar-refractivity contribution in [1.29, 1.82) is 0 Å². The molecular weight excluding hydrogens is 462 g/mol. The first-order valence-electron chi connectivity index (χ1n) is 11.2. The molecule has 1 atom stereocenters. The summed E-state index contributed by atoms with van der Waals surface area (Å²) in [6.07, 6.45) is 0.387. The third kappa shape index (κ3) is 6.23. The van der Waals surface area contributed by atoms with E-state index in [0.29, 0.717) is 13.0 Å². The molecule has 0 aliphatic heterocycles. The van der Waals surface area contributed by atoms with Gasteiger partial charge in [-0.25, -0.2) is 0 Å². The normalized spacial score (nSPS) is 12.1. The Morgan fingerprint density at radius 1 is 0.875 bits per heavy atom. The first-order chi connectivity index (χ1) is 15.4. The van der Waals surface area contributed by atoms with E-state index < -0.39 is 0 Å². The van der Waals surface area contributed by atoms with Crippen LogP contribution in [0.15, 0.2) is 83.3 Å². The van der Waals surface area contributed by atoms with E-state index in [2.05, 4.69) is 74.0 Å². The Morgan fingerprint density at radius 2 is 1.47 bits per heavy atom. The topological polar surface area (TPSA) is 29.5 Å². The smallest absolute Gasteiger partial charge is 0.223 e. The fraction of sp³-hybridized carbons (Fsp3) is 0.321. The molecule has 0 bridgehead atoms. The van der Waals surface area contributed by atoms with Gasteiger partial charge >= 0.3 is 0 Å². The minimum absolute atomic E-state index is 0.105. The second-order valence-electron chi connectivity index (χ2n) is 8.61. The summed E-state index contributed by atoms with van der Waals surface area (Å²) < 4.78 is 7.24. The molecule has 0 saturated carbocycles. The molecule has 0 unspecified atom stereocenters. The number of benzene rings is 3. The van der Waals surface area contributed by atoms with E-state index >= 15 is 0 Å². The molecule has 3 aromatic rings. The van der Waals surface area contributed by atoms with Gasteiger partial charge in [0.25, 0.3) is 0 Å². The van der Waals surface area contributed by atoms with E-state index in [1.165, 1.54) is 0 Å². The van der Waals surface area contributed by atoms with Crippen molar-refractivity contribution in [3.8, 4) is 5.75 Å². The number of hydrogen-bond donors (Lipinski definition) is 0. The highest BCUT2D eigenvalue weighted by Crippen LogP contribution is 2.37. The van der Waals surface area contributed by atoms with Crippen molar-refractivity contribution in [3.05, 3.63) is 100 Å². The lowest BCUT2D eigenvalue weighted by Gasteiger charge is -2.32. The summed E-state index contributed by atoms with van der Waals surface area (Å²) in [5.41, 5.74) is 3.23. The van der Waals surface area contributed by atoms with Crippen LogP contribution < -0.4 is 4.74 Å². The van der Waals surface area contributed by atoms with E-state index in [4.69, 9.17) is 4.74 Å². The Morgan fingerprint density at radius 3 is 2.06 bits per heavy atom. The molecule has 0 aromatic heterocycles. The van der Waals surface area contributed by atoms with Crippen molar-refractivity contribution >= 4 is 21.8 Å². The Bertz CT molecular complexity index is 994. The van der Waals surface area contributed by atoms with Gasteiger partial charge in [0, 0.05) is 34.5 Å². The molecule has 0 fully saturated rings. The second-order valence-corrected chi connectivity index (χ2v) is 9.53. The molecule has 0 aliphatic rings. The van der Waals surface area contributed by atoms with Crippen LogP contribution in [-0.2, 0) is 11.4 Å². The van der Waals surface area contributed by atoms with Crippen LogP contribution in [0.3, 0.4) is 0 Å². The van der Waals surface area contributed by atoms with Crippen molar-refractivity contribution in [2.75, 3.05) is 0 Å². The molecule has 0 saturated heterocycles. The minimum Gasteiger partial charge on any atom is -0.489 e. The van der Waals surface area contributed by atoms with E-state index in [9.17, 15) is 4.79 Å². The minimum atomic E-state index is -0.105. The Balaban J connectivity index is 1.97. The fourth-order valence-electron chi connectivity index (χ4n) is 4.20. The Hall–Kier alpha value is -2.59. The lowest BCUT2D eigenvalue weighted by molar-refractivity contribution is -0.135. The number of hydrogen-bond acceptors (Lipinski definition) is 2. The van der Waals surface area contributed by atoms with Crippen molar-refractivity contribution in [2.24, 2.45) is 0 Å². The van der Waals surface area contributed by atoms with E-state index in [0.717, 1.165) is 26.9 Å². The quantitative estimate of drug-likeness (QED) is 0.315. The summed E-state index contributed by atoms with van der Waals surface area (Å²) in [5.74, 6) is 0.851. The second kappa shape index (κ2) is 11.3. The molecule has 3 rings (SSSR count). The highest BCUT2D eigenvalue weighted by molar-refractivity contribution is 9.10. The largest absolute Gasteiger partial charge is 0.489 e. The van der Waals surface area contributed by atoms with Crippen LogP contribution in [0, 0.1) is 0 Å². The van der Waals surface area contributed by atoms with E-state index in [1.807, 2.05) is 53.4 Å². The predicted molar refractivity (Wildman–Crippen MR) is 135 cm³/mol. The van der Waals surface area contributed by atoms with Crippen molar-refractivity contribution in [2.45, 2.75) is 58.7 Å². The molecule has 4 heteroatoms. The van der Waals surface area contributed by atoms with E-state index in [1.54, 1.807) is 0 Å². The lowest BCUT2D eigenvalue weighted by Crippen LogP contribution is -2.42. The number of nitrogens with zero attached hydrogens (tertiary/aromatic N) is 1. The van der Waals surface area contributed by atoms with Gasteiger partial charge < -0.3 is 9.64 Å². The molecular formula is C28H32BrNO2. The molecule has 168 valence electrons. The molecule has 3 aromatic carbocycles. The average molecular weight is 494 g/mol. The molecule has 0 radical (unpaired) electrons. The number of carbonyl (C=O) groups excluding carboxylic acids is 1. The zero-order valence-corrected chi connectivity index (χ0v) is 20.9. The third-order valence-electron chi connectivity index (χ3n) is 5.57. The van der Waals surface area contributed by atoms with Crippen LogP contribution in [0.4, 0.5) is 0 Å². The summed E-state index contributed by atoms with van der Waals surface area (Å²) in [4.78, 5) is 15.4. The first kappa shape index (κ1) is 24.1. The van der Waals surface area contributed by atoms with E-state index in [-0.39, 0.29) is 23.9 Å². The van der Waals surface area contributed by atoms with Gasteiger partial charge in [0.1, 0.15) is 12.4 Å². The van der Waals surface area contributed by atoms with Crippen LogP contribution in [0.5, 0.6) is 5.75 Å². The maximum absolute atomic E-state index is 13.4. The van der Waals surface area contributed by atoms with Crippen LogP contribution in [0.1, 0.15) is 56.7 Å². The molecule has 0 spiro atoms. The predicted octanol–water partition coefficient (Wildman–Crippen LogP) is 7.20. The summed E-state index contributed by atoms with van der Waals surface area (Å²) in [5, 5.41) is 0. The average Bonchev–Trinajstić information content (AvgIpc) is 2.77. The fourth-order valence-corrected chi connectivity index (χ4v) is 4.58. The van der Waals surface area contributed by atoms with Gasteiger partial charge in [0.15, 0.2) is 0 Å². The van der Waals surface area contributed by atoms with Gasteiger partial charge in [-0.05, 0) is 57.0 Å². The summed E-state index contributed by atoms with van der Waals surface area (Å²) >= 11 is 3.62. The number of rotatable bonds is 9. The first-order valence-corrected chi connectivity index (χ1v) is 12.0. The lowest BCUT2D eigenvalue weighted by atomic mass is 9.87. The number of ether oxygens (including phenoxy) is 1. The molecule has 0 heterocycles. The highest BCUT2D eigenvalue weighted by atomic mass is 79.9. The van der Waals surface area contributed by atoms with Gasteiger partial charge in [-0.15, -0.1) is 0 Å². The van der Waals surface area contributed by atoms with Crippen LogP contribution in [-0.4, -0.2) is 22.9 Å². The summed E-state index contributed by atoms with van der Waals surface area (Å²) in [6.45, 7) is 8.77. The summed E-state index contributed by atoms with van der Waals surface area (Å²) in [7, 11) is 0. The van der Waals surface area contributed by atoms with Gasteiger partial charge in [-0.1, -0.05) is 76.6 Å². The molecule has 0 N–H and O–H groups in total. The molecule has 32 heavy (non-hydrogen) atoms. The molecule has 1 amide bonds. The maximum atomic E-state index is 13.4. The van der Waals surface area contributed by atoms with Crippen LogP contribution in [0.2, 0.25) is 0 Å². The zero-order chi connectivity index (χ0) is 23.1. The third-order valence-corrected chi connectivity index (χ3v) is 6.06. The van der Waals surface area contributed by atoms with Gasteiger partial charge in [-0.3, -0.25) is 4.79 Å². The molecule has 0 aliphatic carbocycles. The summed E-state index contributed by atoms with van der Waals surface area (Å²) in [6, 6.07) is 26.7. The zero-order valence-electron chi connectivity index (χ0n) is 19.3. The van der Waals surface area contributed by atoms with Crippen LogP contribution >= 0.6 is 15.9 Å². The number of carbonyl (C=O) groups is 1. The van der Waals surface area contributed by atoms with Crippen LogP contribution in [0.25, 0.3) is 0 Å². The Labute approximate surface area is 200 Å². The maximum Gasteiger partial charge on any atom is 0.223 e. The van der Waals surface area contributed by atoms with Gasteiger partial charge in [0.2, 0.25) is 5.91 Å². The molecule has 3 nitrogen and oxygen atoms in total. The van der Waals surface area contributed by atoms with Gasteiger partial charge in [0.05, 0.1) is 0 Å². The standard InChI is InChI=1S/C28H32BrNO2/c1-20(2)30(21(3)4)28(31)18-25(23-13-9-6-10-14-23)26-17-24(29)15-16-27(26)32-19-22-11-7-5-8-12-22/h5-17,20-21,25H,18-19H2,1-4H3/t25-/m1/s1.